The highest BCUT2D eigenvalue weighted by Crippen LogP contribution is 2.22. The van der Waals surface area contributed by atoms with E-state index in [1.165, 1.54) is 12.8 Å². The molecule has 2 heterocycles. The fraction of sp³-hybridized carbons (Fsp3) is 0.923. The quantitative estimate of drug-likeness (QED) is 0.791. The van der Waals surface area contributed by atoms with Gasteiger partial charge in [0.05, 0.1) is 5.75 Å². The molecule has 2 aliphatic rings. The third-order valence-corrected chi connectivity index (χ3v) is 5.22. The van der Waals surface area contributed by atoms with Crippen LogP contribution in [0.1, 0.15) is 25.7 Å². The Morgan fingerprint density at radius 1 is 1.33 bits per heavy atom. The van der Waals surface area contributed by atoms with E-state index in [1.54, 1.807) is 0 Å². The molecule has 2 aliphatic heterocycles. The third kappa shape index (κ3) is 4.14. The second kappa shape index (κ2) is 7.36. The lowest BCUT2D eigenvalue weighted by Gasteiger charge is -2.32. The molecule has 2 saturated heterocycles. The monoisotopic (exact) mass is 272 g/mol. The largest absolute Gasteiger partial charge is 0.396 e. The predicted molar refractivity (Wildman–Crippen MR) is 74.7 cm³/mol. The first-order chi connectivity index (χ1) is 8.79. The molecule has 104 valence electrons. The van der Waals surface area contributed by atoms with Crippen LogP contribution < -0.4 is 5.32 Å². The molecule has 5 heteroatoms. The maximum Gasteiger partial charge on any atom is 0.232 e. The average molecular weight is 272 g/mol. The Bertz CT molecular complexity index is 270. The van der Waals surface area contributed by atoms with Crippen LogP contribution in [0.15, 0.2) is 0 Å². The molecule has 1 unspecified atom stereocenters. The lowest BCUT2D eigenvalue weighted by atomic mass is 9.99. The number of amides is 1. The smallest absolute Gasteiger partial charge is 0.232 e. The minimum absolute atomic E-state index is 0.214. The van der Waals surface area contributed by atoms with Crippen LogP contribution in [0.3, 0.4) is 0 Å². The number of likely N-dealkylation sites (tertiary alicyclic amines) is 1. The van der Waals surface area contributed by atoms with E-state index >= 15 is 0 Å². The first kappa shape index (κ1) is 14.2. The van der Waals surface area contributed by atoms with E-state index in [0.29, 0.717) is 16.9 Å². The number of aliphatic hydroxyl groups excluding tert-OH is 1. The van der Waals surface area contributed by atoms with E-state index in [4.69, 9.17) is 0 Å². The standard InChI is InChI=1S/C13H24N2O2S/c16-9-11-2-1-7-15(8-11)13(17)10-18-12-3-5-14-6-4-12/h11-12,14,16H,1-10H2. The van der Waals surface area contributed by atoms with Gasteiger partial charge >= 0.3 is 0 Å². The number of nitrogens with zero attached hydrogens (tertiary/aromatic N) is 1. The molecule has 0 aromatic carbocycles. The Morgan fingerprint density at radius 2 is 2.11 bits per heavy atom. The molecule has 0 aromatic heterocycles. The maximum atomic E-state index is 12.1. The number of piperidine rings is 2. The highest BCUT2D eigenvalue weighted by atomic mass is 32.2. The van der Waals surface area contributed by atoms with Gasteiger partial charge in [0, 0.05) is 24.9 Å². The molecule has 2 fully saturated rings. The van der Waals surface area contributed by atoms with Gasteiger partial charge in [-0.25, -0.2) is 0 Å². The Morgan fingerprint density at radius 3 is 2.83 bits per heavy atom. The number of nitrogens with one attached hydrogen (secondary N) is 1. The molecule has 4 nitrogen and oxygen atoms in total. The molecule has 0 aliphatic carbocycles. The molecule has 0 radical (unpaired) electrons. The zero-order chi connectivity index (χ0) is 12.8. The summed E-state index contributed by atoms with van der Waals surface area (Å²) in [5.41, 5.74) is 0. The van der Waals surface area contributed by atoms with Crippen LogP contribution in [0.2, 0.25) is 0 Å². The number of carbonyl (C=O) groups is 1. The van der Waals surface area contributed by atoms with Crippen molar-refractivity contribution in [3.05, 3.63) is 0 Å². The molecule has 0 aromatic rings. The van der Waals surface area contributed by atoms with Gasteiger partial charge in [-0.05, 0) is 44.7 Å². The van der Waals surface area contributed by atoms with Gasteiger partial charge in [-0.2, -0.15) is 0 Å². The lowest BCUT2D eigenvalue weighted by molar-refractivity contribution is -0.130. The normalized spacial score (nSPS) is 26.3. The van der Waals surface area contributed by atoms with Crippen LogP contribution in [0.5, 0.6) is 0 Å². The summed E-state index contributed by atoms with van der Waals surface area (Å²) in [7, 11) is 0. The SMILES string of the molecule is O=C(CSC1CCNCC1)N1CCCC(CO)C1. The molecule has 1 amide bonds. The lowest BCUT2D eigenvalue weighted by Crippen LogP contribution is -2.42. The zero-order valence-corrected chi connectivity index (χ0v) is 11.8. The first-order valence-corrected chi connectivity index (χ1v) is 8.05. The summed E-state index contributed by atoms with van der Waals surface area (Å²) in [5.74, 6) is 1.17. The maximum absolute atomic E-state index is 12.1. The van der Waals surface area contributed by atoms with Gasteiger partial charge in [-0.15, -0.1) is 11.8 Å². The summed E-state index contributed by atoms with van der Waals surface area (Å²) in [6, 6.07) is 0. The van der Waals surface area contributed by atoms with Crippen molar-refractivity contribution in [2.24, 2.45) is 5.92 Å². The third-order valence-electron chi connectivity index (χ3n) is 3.86. The van der Waals surface area contributed by atoms with E-state index in [0.717, 1.165) is 39.0 Å². The highest BCUT2D eigenvalue weighted by Gasteiger charge is 2.24. The Balaban J connectivity index is 1.70. The number of thioether (sulfide) groups is 1. The molecular formula is C13H24N2O2S. The van der Waals surface area contributed by atoms with Crippen LogP contribution in [-0.2, 0) is 4.79 Å². The predicted octanol–water partition coefficient (Wildman–Crippen LogP) is 0.703. The molecule has 0 bridgehead atoms. The Kier molecular flexibility index (Phi) is 5.79. The van der Waals surface area contributed by atoms with Gasteiger partial charge in [0.25, 0.3) is 0 Å². The molecule has 0 spiro atoms. The molecule has 0 saturated carbocycles. The van der Waals surface area contributed by atoms with Crippen molar-refractivity contribution in [3.8, 4) is 0 Å². The number of hydrogen-bond acceptors (Lipinski definition) is 4. The molecule has 2 rings (SSSR count). The first-order valence-electron chi connectivity index (χ1n) is 7.00. The van der Waals surface area contributed by atoms with Crippen molar-refractivity contribution in [2.45, 2.75) is 30.9 Å². The van der Waals surface area contributed by atoms with Gasteiger partial charge in [0.2, 0.25) is 5.91 Å². The zero-order valence-electron chi connectivity index (χ0n) is 10.9. The number of carbonyl (C=O) groups excluding carboxylic acids is 1. The second-order valence-corrected chi connectivity index (χ2v) is 6.58. The molecule has 18 heavy (non-hydrogen) atoms. The minimum Gasteiger partial charge on any atom is -0.396 e. The van der Waals surface area contributed by atoms with Crippen molar-refractivity contribution in [3.63, 3.8) is 0 Å². The van der Waals surface area contributed by atoms with Gasteiger partial charge in [-0.3, -0.25) is 4.79 Å². The van der Waals surface area contributed by atoms with E-state index in [9.17, 15) is 9.90 Å². The fourth-order valence-corrected chi connectivity index (χ4v) is 3.81. The van der Waals surface area contributed by atoms with E-state index in [1.807, 2.05) is 16.7 Å². The summed E-state index contributed by atoms with van der Waals surface area (Å²) in [6.45, 7) is 4.01. The topological polar surface area (TPSA) is 52.6 Å². The van der Waals surface area contributed by atoms with Crippen molar-refractivity contribution >= 4 is 17.7 Å². The van der Waals surface area contributed by atoms with E-state index < -0.39 is 0 Å². The second-order valence-electron chi connectivity index (χ2n) is 5.29. The van der Waals surface area contributed by atoms with Crippen LogP contribution in [-0.4, -0.2) is 59.7 Å². The van der Waals surface area contributed by atoms with Crippen LogP contribution in [0.25, 0.3) is 0 Å². The summed E-state index contributed by atoms with van der Waals surface area (Å²) in [6.07, 6.45) is 4.45. The van der Waals surface area contributed by atoms with Gasteiger partial charge < -0.3 is 15.3 Å². The van der Waals surface area contributed by atoms with Gasteiger partial charge in [0.1, 0.15) is 0 Å². The average Bonchev–Trinajstić information content (AvgIpc) is 2.46. The van der Waals surface area contributed by atoms with Crippen molar-refractivity contribution in [1.29, 1.82) is 0 Å². The molecule has 1 atom stereocenters. The van der Waals surface area contributed by atoms with Crippen molar-refractivity contribution < 1.29 is 9.90 Å². The van der Waals surface area contributed by atoms with E-state index in [-0.39, 0.29) is 12.5 Å². The summed E-state index contributed by atoms with van der Waals surface area (Å²) < 4.78 is 0. The minimum atomic E-state index is 0.214. The van der Waals surface area contributed by atoms with Crippen LogP contribution in [0, 0.1) is 5.92 Å². The summed E-state index contributed by atoms with van der Waals surface area (Å²) in [5, 5.41) is 13.2. The van der Waals surface area contributed by atoms with E-state index in [2.05, 4.69) is 5.32 Å². The van der Waals surface area contributed by atoms with Gasteiger partial charge in [0.15, 0.2) is 0 Å². The van der Waals surface area contributed by atoms with Crippen molar-refractivity contribution in [1.82, 2.24) is 10.2 Å². The summed E-state index contributed by atoms with van der Waals surface area (Å²) >= 11 is 1.81. The van der Waals surface area contributed by atoms with Crippen LogP contribution in [0.4, 0.5) is 0 Å². The number of aliphatic hydroxyl groups is 1. The Hall–Kier alpha value is -0.260. The molecule has 2 N–H and O–H groups in total. The Labute approximate surface area is 113 Å². The number of hydrogen-bond donors (Lipinski definition) is 2. The number of rotatable bonds is 4. The molecular weight excluding hydrogens is 248 g/mol. The van der Waals surface area contributed by atoms with Gasteiger partial charge in [-0.1, -0.05) is 0 Å². The fourth-order valence-electron chi connectivity index (χ4n) is 2.68. The van der Waals surface area contributed by atoms with Crippen LogP contribution >= 0.6 is 11.8 Å². The van der Waals surface area contributed by atoms with Crippen molar-refractivity contribution in [2.75, 3.05) is 38.5 Å². The highest BCUT2D eigenvalue weighted by molar-refractivity contribution is 8.00. The summed E-state index contributed by atoms with van der Waals surface area (Å²) in [4.78, 5) is 14.1.